The van der Waals surface area contributed by atoms with Crippen LogP contribution in [0.2, 0.25) is 0 Å². The summed E-state index contributed by atoms with van der Waals surface area (Å²) in [5.74, 6) is 0.120. The Labute approximate surface area is 138 Å². The Morgan fingerprint density at radius 1 is 1.30 bits per heavy atom. The highest BCUT2D eigenvalue weighted by Gasteiger charge is 2.32. The monoisotopic (exact) mass is 317 g/mol. The van der Waals surface area contributed by atoms with Gasteiger partial charge in [0.25, 0.3) is 5.91 Å². The molecule has 3 heterocycles. The van der Waals surface area contributed by atoms with E-state index in [1.807, 2.05) is 24.0 Å². The Morgan fingerprint density at radius 3 is 2.70 bits per heavy atom. The van der Waals surface area contributed by atoms with Crippen molar-refractivity contribution < 1.29 is 9.53 Å². The van der Waals surface area contributed by atoms with Crippen LogP contribution in [-0.4, -0.2) is 65.1 Å². The van der Waals surface area contributed by atoms with Gasteiger partial charge in [0.15, 0.2) is 0 Å². The lowest BCUT2D eigenvalue weighted by atomic mass is 10.1. The van der Waals surface area contributed by atoms with E-state index in [1.165, 1.54) is 0 Å². The quantitative estimate of drug-likeness (QED) is 0.856. The fraction of sp³-hybridized carbons (Fsp3) is 0.667. The van der Waals surface area contributed by atoms with Gasteiger partial charge in [-0.25, -0.2) is 0 Å². The molecule has 2 aliphatic rings. The van der Waals surface area contributed by atoms with Gasteiger partial charge in [0.1, 0.15) is 0 Å². The lowest BCUT2D eigenvalue weighted by Crippen LogP contribution is -2.50. The number of amides is 1. The number of carbonyl (C=O) groups excluding carboxylic acids is 1. The number of pyridine rings is 1. The van der Waals surface area contributed by atoms with E-state index in [0.717, 1.165) is 44.7 Å². The van der Waals surface area contributed by atoms with E-state index in [0.29, 0.717) is 11.6 Å². The van der Waals surface area contributed by atoms with Crippen LogP contribution in [0.5, 0.6) is 0 Å². The van der Waals surface area contributed by atoms with Crippen LogP contribution in [0.15, 0.2) is 18.3 Å². The molecular formula is C18H27N3O2. The number of hydrogen-bond donors (Lipinski definition) is 0. The second-order valence-corrected chi connectivity index (χ2v) is 6.96. The molecule has 1 aromatic rings. The maximum atomic E-state index is 12.8. The van der Waals surface area contributed by atoms with Crippen molar-refractivity contribution in [3.63, 3.8) is 0 Å². The Kier molecular flexibility index (Phi) is 4.97. The average molecular weight is 317 g/mol. The van der Waals surface area contributed by atoms with Crippen molar-refractivity contribution in [2.45, 2.75) is 51.9 Å². The third-order valence-electron chi connectivity index (χ3n) is 4.76. The number of nitrogens with zero attached hydrogens (tertiary/aromatic N) is 3. The number of hydrogen-bond acceptors (Lipinski definition) is 4. The second-order valence-electron chi connectivity index (χ2n) is 6.96. The molecule has 126 valence electrons. The Balaban J connectivity index is 1.65. The van der Waals surface area contributed by atoms with Gasteiger partial charge in [-0.3, -0.25) is 14.7 Å². The first-order valence-corrected chi connectivity index (χ1v) is 8.64. The summed E-state index contributed by atoms with van der Waals surface area (Å²) in [6.45, 7) is 9.89. The largest absolute Gasteiger partial charge is 0.373 e. The molecule has 23 heavy (non-hydrogen) atoms. The predicted octanol–water partition coefficient (Wildman–Crippen LogP) is 2.10. The van der Waals surface area contributed by atoms with Gasteiger partial charge in [0.05, 0.1) is 17.8 Å². The average Bonchev–Trinajstić information content (AvgIpc) is 2.94. The van der Waals surface area contributed by atoms with Crippen LogP contribution in [-0.2, 0) is 4.74 Å². The first-order chi connectivity index (χ1) is 11.0. The Hall–Kier alpha value is -1.46. The van der Waals surface area contributed by atoms with E-state index in [2.05, 4.69) is 23.7 Å². The maximum Gasteiger partial charge on any atom is 0.255 e. The summed E-state index contributed by atoms with van der Waals surface area (Å²) in [7, 11) is 0. The van der Waals surface area contributed by atoms with E-state index >= 15 is 0 Å². The standard InChI is InChI=1S/C18H27N3O2/c1-13-6-7-16(9-19-13)18(22)21-8-4-5-17(21)12-20-10-14(2)23-15(3)11-20/h6-7,9,14-15,17H,4-5,8,10-12H2,1-3H3/t14-,15-,17+/m0/s1. The molecule has 2 fully saturated rings. The summed E-state index contributed by atoms with van der Waals surface area (Å²) in [4.78, 5) is 21.5. The van der Waals surface area contributed by atoms with Crippen molar-refractivity contribution in [1.82, 2.24) is 14.8 Å². The topological polar surface area (TPSA) is 45.7 Å². The minimum atomic E-state index is 0.120. The molecular weight excluding hydrogens is 290 g/mol. The van der Waals surface area contributed by atoms with Crippen LogP contribution in [0.1, 0.15) is 42.7 Å². The van der Waals surface area contributed by atoms with Gasteiger partial charge in [0.2, 0.25) is 0 Å². The second kappa shape index (κ2) is 6.97. The number of morpholine rings is 1. The van der Waals surface area contributed by atoms with Crippen molar-refractivity contribution >= 4 is 5.91 Å². The van der Waals surface area contributed by atoms with E-state index < -0.39 is 0 Å². The summed E-state index contributed by atoms with van der Waals surface area (Å²) < 4.78 is 5.81. The van der Waals surface area contributed by atoms with Gasteiger partial charge in [-0.15, -0.1) is 0 Å². The third-order valence-corrected chi connectivity index (χ3v) is 4.76. The molecule has 0 saturated carbocycles. The van der Waals surface area contributed by atoms with Gasteiger partial charge in [-0.1, -0.05) is 0 Å². The fourth-order valence-corrected chi connectivity index (χ4v) is 3.78. The van der Waals surface area contributed by atoms with E-state index in [4.69, 9.17) is 4.74 Å². The zero-order chi connectivity index (χ0) is 16.4. The Morgan fingerprint density at radius 2 is 2.04 bits per heavy atom. The molecule has 0 aromatic carbocycles. The molecule has 2 saturated heterocycles. The Bertz CT molecular complexity index is 536. The van der Waals surface area contributed by atoms with Gasteiger partial charge >= 0.3 is 0 Å². The van der Waals surface area contributed by atoms with Crippen LogP contribution in [0.25, 0.3) is 0 Å². The highest BCUT2D eigenvalue weighted by Crippen LogP contribution is 2.22. The SMILES string of the molecule is Cc1ccc(C(=O)N2CCC[C@@H]2CN2C[C@H](C)O[C@@H](C)C2)cn1. The molecule has 1 aromatic heterocycles. The minimum absolute atomic E-state index is 0.120. The van der Waals surface area contributed by atoms with Crippen LogP contribution >= 0.6 is 0 Å². The van der Waals surface area contributed by atoms with Crippen LogP contribution in [0.3, 0.4) is 0 Å². The number of likely N-dealkylation sites (tertiary alicyclic amines) is 1. The molecule has 2 aliphatic heterocycles. The highest BCUT2D eigenvalue weighted by molar-refractivity contribution is 5.94. The number of aromatic nitrogens is 1. The number of aryl methyl sites for hydroxylation is 1. The molecule has 3 atom stereocenters. The van der Waals surface area contributed by atoms with Gasteiger partial charge in [-0.05, 0) is 45.7 Å². The van der Waals surface area contributed by atoms with Crippen molar-refractivity contribution in [3.8, 4) is 0 Å². The summed E-state index contributed by atoms with van der Waals surface area (Å²) >= 11 is 0. The number of ether oxygens (including phenoxy) is 1. The molecule has 0 N–H and O–H groups in total. The predicted molar refractivity (Wildman–Crippen MR) is 89.5 cm³/mol. The number of rotatable bonds is 3. The molecule has 0 radical (unpaired) electrons. The fourth-order valence-electron chi connectivity index (χ4n) is 3.78. The summed E-state index contributed by atoms with van der Waals surface area (Å²) in [6, 6.07) is 4.10. The summed E-state index contributed by atoms with van der Waals surface area (Å²) in [5, 5.41) is 0. The molecule has 5 heteroatoms. The molecule has 1 amide bonds. The van der Waals surface area contributed by atoms with Crippen LogP contribution in [0.4, 0.5) is 0 Å². The molecule has 0 bridgehead atoms. The van der Waals surface area contributed by atoms with E-state index in [1.54, 1.807) is 6.20 Å². The lowest BCUT2D eigenvalue weighted by molar-refractivity contribution is -0.0715. The first-order valence-electron chi connectivity index (χ1n) is 8.64. The van der Waals surface area contributed by atoms with Crippen molar-refractivity contribution in [3.05, 3.63) is 29.6 Å². The van der Waals surface area contributed by atoms with Crippen LogP contribution < -0.4 is 0 Å². The summed E-state index contributed by atoms with van der Waals surface area (Å²) in [6.07, 6.45) is 4.42. The molecule has 5 nitrogen and oxygen atoms in total. The van der Waals surface area contributed by atoms with Crippen LogP contribution in [0, 0.1) is 6.92 Å². The highest BCUT2D eigenvalue weighted by atomic mass is 16.5. The van der Waals surface area contributed by atoms with Crippen molar-refractivity contribution in [2.75, 3.05) is 26.2 Å². The zero-order valence-electron chi connectivity index (χ0n) is 14.4. The van der Waals surface area contributed by atoms with Crippen molar-refractivity contribution in [2.24, 2.45) is 0 Å². The normalized spacial score (nSPS) is 29.0. The molecule has 0 spiro atoms. The van der Waals surface area contributed by atoms with Crippen molar-refractivity contribution in [1.29, 1.82) is 0 Å². The molecule has 0 unspecified atom stereocenters. The first kappa shape index (κ1) is 16.4. The summed E-state index contributed by atoms with van der Waals surface area (Å²) in [5.41, 5.74) is 1.64. The van der Waals surface area contributed by atoms with Gasteiger partial charge in [-0.2, -0.15) is 0 Å². The zero-order valence-corrected chi connectivity index (χ0v) is 14.4. The van der Waals surface area contributed by atoms with E-state index in [-0.39, 0.29) is 18.1 Å². The smallest absolute Gasteiger partial charge is 0.255 e. The van der Waals surface area contributed by atoms with Gasteiger partial charge in [0, 0.05) is 44.1 Å². The lowest BCUT2D eigenvalue weighted by Gasteiger charge is -2.38. The van der Waals surface area contributed by atoms with E-state index in [9.17, 15) is 4.79 Å². The third kappa shape index (κ3) is 3.90. The molecule has 0 aliphatic carbocycles. The minimum Gasteiger partial charge on any atom is -0.373 e. The maximum absolute atomic E-state index is 12.8. The molecule has 3 rings (SSSR count). The number of carbonyl (C=O) groups is 1. The van der Waals surface area contributed by atoms with Gasteiger partial charge < -0.3 is 9.64 Å².